The molecule has 10 heavy (non-hydrogen) atoms. The van der Waals surface area contributed by atoms with Crippen molar-refractivity contribution < 1.29 is 19.4 Å². The molecule has 0 aromatic carbocycles. The van der Waals surface area contributed by atoms with Gasteiger partial charge >= 0.3 is 5.97 Å². The maximum Gasteiger partial charge on any atom is 0.303 e. The molecule has 0 fully saturated rings. The Bertz CT molecular complexity index is 114. The van der Waals surface area contributed by atoms with Crippen LogP contribution < -0.4 is 0 Å². The van der Waals surface area contributed by atoms with E-state index in [0.717, 1.165) is 0 Å². The van der Waals surface area contributed by atoms with Crippen LogP contribution in [0.4, 0.5) is 4.39 Å². The Morgan fingerprint density at radius 2 is 2.20 bits per heavy atom. The Kier molecular flexibility index (Phi) is 3.95. The van der Waals surface area contributed by atoms with Gasteiger partial charge in [0.05, 0.1) is 6.10 Å². The minimum Gasteiger partial charge on any atom is -0.481 e. The molecule has 0 aliphatic heterocycles. The lowest BCUT2D eigenvalue weighted by Crippen LogP contribution is -2.19. The number of hydrogen-bond donors (Lipinski definition) is 2. The molecule has 4 heteroatoms. The molecule has 0 heterocycles. The van der Waals surface area contributed by atoms with Crippen molar-refractivity contribution >= 4 is 5.97 Å². The highest BCUT2D eigenvalue weighted by Gasteiger charge is 2.13. The zero-order valence-corrected chi connectivity index (χ0v) is 5.75. The van der Waals surface area contributed by atoms with Crippen LogP contribution in [0.1, 0.15) is 19.8 Å². The average Bonchev–Trinajstić information content (AvgIpc) is 1.82. The Hall–Kier alpha value is -0.640. The molecule has 0 saturated heterocycles. The Labute approximate surface area is 58.5 Å². The summed E-state index contributed by atoms with van der Waals surface area (Å²) in [6, 6.07) is 0. The first-order valence-electron chi connectivity index (χ1n) is 3.08. The molecular weight excluding hydrogens is 139 g/mol. The van der Waals surface area contributed by atoms with Crippen LogP contribution in [0.15, 0.2) is 0 Å². The van der Waals surface area contributed by atoms with Crippen LogP contribution in [0.3, 0.4) is 0 Å². The molecule has 0 aromatic heterocycles. The van der Waals surface area contributed by atoms with Gasteiger partial charge in [-0.25, -0.2) is 4.39 Å². The highest BCUT2D eigenvalue weighted by Crippen LogP contribution is 2.04. The number of carbonyl (C=O) groups is 1. The number of aliphatic hydroxyl groups excluding tert-OH is 1. The molecule has 0 amide bonds. The zero-order valence-electron chi connectivity index (χ0n) is 5.75. The number of aliphatic carboxylic acids is 1. The van der Waals surface area contributed by atoms with E-state index in [1.54, 1.807) is 0 Å². The van der Waals surface area contributed by atoms with Crippen molar-refractivity contribution in [3.05, 3.63) is 0 Å². The lowest BCUT2D eigenvalue weighted by Gasteiger charge is -2.08. The highest BCUT2D eigenvalue weighted by atomic mass is 19.1. The molecule has 0 aliphatic rings. The fourth-order valence-electron chi connectivity index (χ4n) is 0.501. The molecule has 0 rings (SSSR count). The first-order valence-corrected chi connectivity index (χ1v) is 3.08. The fraction of sp³-hybridized carbons (Fsp3) is 0.833. The maximum atomic E-state index is 12.1. The molecule has 2 N–H and O–H groups in total. The second-order valence-electron chi connectivity index (χ2n) is 2.18. The summed E-state index contributed by atoms with van der Waals surface area (Å²) in [6.07, 6.45) is -2.70. The van der Waals surface area contributed by atoms with Crippen molar-refractivity contribution in [1.29, 1.82) is 0 Å². The van der Waals surface area contributed by atoms with Crippen molar-refractivity contribution in [3.8, 4) is 0 Å². The van der Waals surface area contributed by atoms with Crippen molar-refractivity contribution in [2.75, 3.05) is 0 Å². The summed E-state index contributed by atoms with van der Waals surface area (Å²) in [5.41, 5.74) is 0. The van der Waals surface area contributed by atoms with Crippen molar-refractivity contribution in [3.63, 3.8) is 0 Å². The second-order valence-corrected chi connectivity index (χ2v) is 2.18. The molecule has 60 valence electrons. The van der Waals surface area contributed by atoms with E-state index in [4.69, 9.17) is 10.2 Å². The van der Waals surface area contributed by atoms with Crippen molar-refractivity contribution in [1.82, 2.24) is 0 Å². The first-order chi connectivity index (χ1) is 4.54. The number of carboxylic acid groups (broad SMARTS) is 1. The third-order valence-corrected chi connectivity index (χ3v) is 1.18. The summed E-state index contributed by atoms with van der Waals surface area (Å²) in [7, 11) is 0. The van der Waals surface area contributed by atoms with Crippen LogP contribution in [0, 0.1) is 0 Å². The van der Waals surface area contributed by atoms with E-state index in [1.165, 1.54) is 6.92 Å². The number of aliphatic hydroxyl groups is 1. The maximum absolute atomic E-state index is 12.1. The van der Waals surface area contributed by atoms with Crippen molar-refractivity contribution in [2.45, 2.75) is 32.0 Å². The Balaban J connectivity index is 3.39. The first kappa shape index (κ1) is 9.36. The number of hydrogen-bond acceptors (Lipinski definition) is 2. The van der Waals surface area contributed by atoms with Crippen molar-refractivity contribution in [2.24, 2.45) is 0 Å². The van der Waals surface area contributed by atoms with Gasteiger partial charge < -0.3 is 10.2 Å². The number of alkyl halides is 1. The van der Waals surface area contributed by atoms with E-state index < -0.39 is 18.2 Å². The summed E-state index contributed by atoms with van der Waals surface area (Å²) in [5, 5.41) is 16.8. The van der Waals surface area contributed by atoms with Gasteiger partial charge in [-0.1, -0.05) is 0 Å². The van der Waals surface area contributed by atoms with E-state index in [2.05, 4.69) is 0 Å². The van der Waals surface area contributed by atoms with Crippen LogP contribution in [-0.2, 0) is 4.79 Å². The van der Waals surface area contributed by atoms with Gasteiger partial charge in [-0.3, -0.25) is 4.79 Å². The number of carboxylic acids is 1. The average molecular weight is 150 g/mol. The highest BCUT2D eigenvalue weighted by molar-refractivity contribution is 5.66. The number of halogens is 1. The predicted octanol–water partition coefficient (Wildman–Crippen LogP) is 0.570. The quantitative estimate of drug-likeness (QED) is 0.616. The van der Waals surface area contributed by atoms with Gasteiger partial charge in [-0.2, -0.15) is 0 Å². The largest absolute Gasteiger partial charge is 0.481 e. The number of rotatable bonds is 4. The normalized spacial score (nSPS) is 16.3. The summed E-state index contributed by atoms with van der Waals surface area (Å²) in [6.45, 7) is 1.20. The van der Waals surface area contributed by atoms with Gasteiger partial charge in [0.15, 0.2) is 0 Å². The van der Waals surface area contributed by atoms with Gasteiger partial charge in [0.2, 0.25) is 0 Å². The third kappa shape index (κ3) is 4.26. The lowest BCUT2D eigenvalue weighted by molar-refractivity contribution is -0.137. The van der Waals surface area contributed by atoms with E-state index in [1.807, 2.05) is 0 Å². The molecule has 0 aliphatic carbocycles. The summed E-state index contributed by atoms with van der Waals surface area (Å²) >= 11 is 0. The Morgan fingerprint density at radius 3 is 2.50 bits per heavy atom. The standard InChI is InChI=1S/C6H11FO3/c1-4(7)5(8)2-3-6(9)10/h4-5,8H,2-3H2,1H3,(H,9,10). The van der Waals surface area contributed by atoms with Crippen LogP contribution in [0.2, 0.25) is 0 Å². The molecular formula is C6H11FO3. The van der Waals surface area contributed by atoms with E-state index in [9.17, 15) is 9.18 Å². The van der Waals surface area contributed by atoms with Gasteiger partial charge in [0.1, 0.15) is 6.17 Å². The molecule has 0 bridgehead atoms. The van der Waals surface area contributed by atoms with Crippen LogP contribution >= 0.6 is 0 Å². The third-order valence-electron chi connectivity index (χ3n) is 1.18. The topological polar surface area (TPSA) is 57.5 Å². The van der Waals surface area contributed by atoms with Crippen LogP contribution in [-0.4, -0.2) is 28.5 Å². The summed E-state index contributed by atoms with van der Waals surface area (Å²) in [5.74, 6) is -1.01. The molecule has 2 unspecified atom stereocenters. The smallest absolute Gasteiger partial charge is 0.303 e. The lowest BCUT2D eigenvalue weighted by atomic mass is 10.1. The molecule has 0 aromatic rings. The van der Waals surface area contributed by atoms with E-state index >= 15 is 0 Å². The van der Waals surface area contributed by atoms with Gasteiger partial charge in [0.25, 0.3) is 0 Å². The monoisotopic (exact) mass is 150 g/mol. The summed E-state index contributed by atoms with van der Waals surface area (Å²) < 4.78 is 12.1. The summed E-state index contributed by atoms with van der Waals surface area (Å²) in [4.78, 5) is 9.89. The van der Waals surface area contributed by atoms with Gasteiger partial charge in [-0.15, -0.1) is 0 Å². The molecule has 2 atom stereocenters. The molecule has 0 spiro atoms. The molecule has 0 saturated carbocycles. The van der Waals surface area contributed by atoms with Gasteiger partial charge in [-0.05, 0) is 13.3 Å². The minimum absolute atomic E-state index is 0.0208. The van der Waals surface area contributed by atoms with E-state index in [0.29, 0.717) is 0 Å². The van der Waals surface area contributed by atoms with Gasteiger partial charge in [0, 0.05) is 6.42 Å². The van der Waals surface area contributed by atoms with Crippen LogP contribution in [0.25, 0.3) is 0 Å². The Morgan fingerprint density at radius 1 is 1.70 bits per heavy atom. The second kappa shape index (κ2) is 4.22. The molecule has 0 radical (unpaired) electrons. The minimum atomic E-state index is -1.35. The SMILES string of the molecule is CC(F)C(O)CCC(=O)O. The van der Waals surface area contributed by atoms with Crippen LogP contribution in [0.5, 0.6) is 0 Å². The molecule has 3 nitrogen and oxygen atoms in total. The predicted molar refractivity (Wildman–Crippen MR) is 33.4 cm³/mol. The fourth-order valence-corrected chi connectivity index (χ4v) is 0.501. The van der Waals surface area contributed by atoms with E-state index in [-0.39, 0.29) is 12.8 Å². The zero-order chi connectivity index (χ0) is 8.15.